The Balaban J connectivity index is 2.78. The number of hydrogen-bond acceptors (Lipinski definition) is 2. The van der Waals surface area contributed by atoms with Crippen LogP contribution in [0.3, 0.4) is 0 Å². The molecule has 0 aliphatic carbocycles. The van der Waals surface area contributed by atoms with Gasteiger partial charge in [-0.1, -0.05) is 17.7 Å². The van der Waals surface area contributed by atoms with Crippen LogP contribution in [0, 0.1) is 2.88 Å². The van der Waals surface area contributed by atoms with Crippen molar-refractivity contribution in [2.75, 3.05) is 0 Å². The zero-order chi connectivity index (χ0) is 9.42. The van der Waals surface area contributed by atoms with E-state index >= 15 is 0 Å². The van der Waals surface area contributed by atoms with E-state index in [1.54, 1.807) is 11.3 Å². The molecule has 1 N–H and O–H groups in total. The van der Waals surface area contributed by atoms with Gasteiger partial charge < -0.3 is 5.11 Å². The maximum atomic E-state index is 9.00. The predicted molar refractivity (Wildman–Crippen MR) is 65.5 cm³/mol. The van der Waals surface area contributed by atoms with Gasteiger partial charge in [0, 0.05) is 10.1 Å². The van der Waals surface area contributed by atoms with Crippen molar-refractivity contribution in [1.82, 2.24) is 0 Å². The molecule has 0 atom stereocenters. The molecule has 68 valence electrons. The monoisotopic (exact) mass is 324 g/mol. The van der Waals surface area contributed by atoms with E-state index in [0.717, 1.165) is 10.9 Å². The van der Waals surface area contributed by atoms with Crippen LogP contribution < -0.4 is 0 Å². The van der Waals surface area contributed by atoms with Gasteiger partial charge in [-0.05, 0) is 40.3 Å². The van der Waals surface area contributed by atoms with Gasteiger partial charge in [0.2, 0.25) is 0 Å². The van der Waals surface area contributed by atoms with Gasteiger partial charge in [-0.3, -0.25) is 0 Å². The molecule has 0 spiro atoms. The molecule has 0 amide bonds. The van der Waals surface area contributed by atoms with E-state index in [4.69, 9.17) is 16.7 Å². The van der Waals surface area contributed by atoms with Crippen LogP contribution in [-0.2, 0) is 6.61 Å². The Bertz CT molecular complexity index is 452. The van der Waals surface area contributed by atoms with Crippen molar-refractivity contribution < 1.29 is 5.11 Å². The van der Waals surface area contributed by atoms with Gasteiger partial charge in [0.1, 0.15) is 0 Å². The maximum absolute atomic E-state index is 9.00. The third-order valence-corrected chi connectivity index (χ3v) is 4.16. The Kier molecular flexibility index (Phi) is 2.78. The SMILES string of the molecule is OCc1ccc2sc(I)cc2c1Cl. The van der Waals surface area contributed by atoms with Crippen LogP contribution in [-0.4, -0.2) is 5.11 Å². The zero-order valence-corrected chi connectivity index (χ0v) is 10.3. The number of aliphatic hydroxyl groups excluding tert-OH is 1. The second-order valence-electron chi connectivity index (χ2n) is 2.66. The molecule has 2 aromatic rings. The highest BCUT2D eigenvalue weighted by Gasteiger charge is 2.07. The van der Waals surface area contributed by atoms with Crippen LogP contribution in [0.5, 0.6) is 0 Å². The lowest BCUT2D eigenvalue weighted by Gasteiger charge is -2.00. The van der Waals surface area contributed by atoms with Crippen LogP contribution in [0.2, 0.25) is 5.02 Å². The lowest BCUT2D eigenvalue weighted by atomic mass is 10.2. The van der Waals surface area contributed by atoms with E-state index in [1.165, 1.54) is 7.58 Å². The number of fused-ring (bicyclic) bond motifs is 1. The molecule has 0 bridgehead atoms. The summed E-state index contributed by atoms with van der Waals surface area (Å²) in [6.07, 6.45) is 0. The van der Waals surface area contributed by atoms with Crippen LogP contribution in [0.25, 0.3) is 10.1 Å². The minimum absolute atomic E-state index is 0.00119. The van der Waals surface area contributed by atoms with E-state index in [2.05, 4.69) is 22.6 Å². The lowest BCUT2D eigenvalue weighted by Crippen LogP contribution is -1.83. The number of halogens is 2. The molecule has 2 rings (SSSR count). The molecule has 0 aliphatic rings. The molecular formula is C9H6ClIOS. The average molecular weight is 325 g/mol. The molecule has 0 radical (unpaired) electrons. The number of benzene rings is 1. The van der Waals surface area contributed by atoms with Crippen LogP contribution in [0.4, 0.5) is 0 Å². The second-order valence-corrected chi connectivity index (χ2v) is 6.02. The van der Waals surface area contributed by atoms with Gasteiger partial charge in [0.15, 0.2) is 0 Å². The van der Waals surface area contributed by atoms with E-state index in [-0.39, 0.29) is 6.61 Å². The van der Waals surface area contributed by atoms with E-state index in [1.807, 2.05) is 18.2 Å². The molecule has 0 saturated heterocycles. The summed E-state index contributed by atoms with van der Waals surface area (Å²) >= 11 is 10.1. The molecule has 0 saturated carbocycles. The predicted octanol–water partition coefficient (Wildman–Crippen LogP) is 3.65. The third-order valence-electron chi connectivity index (χ3n) is 1.86. The summed E-state index contributed by atoms with van der Waals surface area (Å²) < 4.78 is 2.39. The fourth-order valence-electron chi connectivity index (χ4n) is 1.21. The Hall–Kier alpha value is 0.160. The Labute approximate surface area is 98.5 Å². The lowest BCUT2D eigenvalue weighted by molar-refractivity contribution is 0.282. The molecule has 0 unspecified atom stereocenters. The molecule has 0 fully saturated rings. The first-order chi connectivity index (χ1) is 6.22. The van der Waals surface area contributed by atoms with Crippen LogP contribution in [0.1, 0.15) is 5.56 Å². The second kappa shape index (κ2) is 3.73. The smallest absolute Gasteiger partial charge is 0.0696 e. The first-order valence-corrected chi connectivity index (χ1v) is 5.97. The molecule has 4 heteroatoms. The highest BCUT2D eigenvalue weighted by Crippen LogP contribution is 2.34. The molecule has 1 aromatic carbocycles. The quantitative estimate of drug-likeness (QED) is 0.794. The first kappa shape index (κ1) is 9.71. The Morgan fingerprint density at radius 2 is 2.23 bits per heavy atom. The normalized spacial score (nSPS) is 11.0. The number of thiophene rings is 1. The minimum atomic E-state index is 0.00119. The standard InChI is InChI=1S/C9H6ClIOS/c10-9-5(4-12)1-2-7-6(9)3-8(11)13-7/h1-3,12H,4H2. The van der Waals surface area contributed by atoms with Crippen molar-refractivity contribution in [3.05, 3.63) is 31.7 Å². The average Bonchev–Trinajstić information content (AvgIpc) is 2.47. The van der Waals surface area contributed by atoms with Crippen molar-refractivity contribution in [3.63, 3.8) is 0 Å². The van der Waals surface area contributed by atoms with Crippen LogP contribution >= 0.6 is 45.5 Å². The summed E-state index contributed by atoms with van der Waals surface area (Å²) in [6.45, 7) is 0.00119. The highest BCUT2D eigenvalue weighted by molar-refractivity contribution is 14.1. The Morgan fingerprint density at radius 1 is 1.46 bits per heavy atom. The van der Waals surface area contributed by atoms with Gasteiger partial charge >= 0.3 is 0 Å². The summed E-state index contributed by atoms with van der Waals surface area (Å²) in [4.78, 5) is 0. The van der Waals surface area contributed by atoms with E-state index in [9.17, 15) is 0 Å². The minimum Gasteiger partial charge on any atom is -0.392 e. The fraction of sp³-hybridized carbons (Fsp3) is 0.111. The number of rotatable bonds is 1. The molecule has 0 aliphatic heterocycles. The van der Waals surface area contributed by atoms with Gasteiger partial charge in [-0.2, -0.15) is 0 Å². The summed E-state index contributed by atoms with van der Waals surface area (Å²) in [7, 11) is 0. The van der Waals surface area contributed by atoms with Gasteiger partial charge in [0.05, 0.1) is 14.5 Å². The number of aliphatic hydroxyl groups is 1. The Morgan fingerprint density at radius 3 is 2.92 bits per heavy atom. The molecule has 13 heavy (non-hydrogen) atoms. The third kappa shape index (κ3) is 1.70. The van der Waals surface area contributed by atoms with Gasteiger partial charge in [-0.15, -0.1) is 11.3 Å². The summed E-state index contributed by atoms with van der Waals surface area (Å²) in [5.41, 5.74) is 0.795. The summed E-state index contributed by atoms with van der Waals surface area (Å²) in [6, 6.07) is 5.92. The molecule has 1 nitrogen and oxygen atoms in total. The van der Waals surface area contributed by atoms with Crippen molar-refractivity contribution in [1.29, 1.82) is 0 Å². The largest absolute Gasteiger partial charge is 0.392 e. The van der Waals surface area contributed by atoms with E-state index in [0.29, 0.717) is 5.02 Å². The van der Waals surface area contributed by atoms with Crippen molar-refractivity contribution >= 4 is 55.6 Å². The highest BCUT2D eigenvalue weighted by atomic mass is 127. The topological polar surface area (TPSA) is 20.2 Å². The van der Waals surface area contributed by atoms with Crippen molar-refractivity contribution in [2.24, 2.45) is 0 Å². The van der Waals surface area contributed by atoms with Gasteiger partial charge in [0.25, 0.3) is 0 Å². The van der Waals surface area contributed by atoms with Crippen molar-refractivity contribution in [2.45, 2.75) is 6.61 Å². The summed E-state index contributed by atoms with van der Waals surface area (Å²) in [5, 5.41) is 10.7. The van der Waals surface area contributed by atoms with Crippen LogP contribution in [0.15, 0.2) is 18.2 Å². The van der Waals surface area contributed by atoms with E-state index < -0.39 is 0 Å². The molecule has 1 heterocycles. The van der Waals surface area contributed by atoms with Gasteiger partial charge in [-0.25, -0.2) is 0 Å². The number of hydrogen-bond donors (Lipinski definition) is 1. The van der Waals surface area contributed by atoms with Crippen molar-refractivity contribution in [3.8, 4) is 0 Å². The zero-order valence-electron chi connectivity index (χ0n) is 6.55. The fourth-order valence-corrected chi connectivity index (χ4v) is 3.37. The maximum Gasteiger partial charge on any atom is 0.0696 e. The molecule has 1 aromatic heterocycles. The summed E-state index contributed by atoms with van der Waals surface area (Å²) in [5.74, 6) is 0. The first-order valence-electron chi connectivity index (χ1n) is 3.69. The molecular weight excluding hydrogens is 319 g/mol.